The zero-order valence-electron chi connectivity index (χ0n) is 10.2. The number of aliphatic hydroxyl groups excluding tert-OH is 1. The predicted molar refractivity (Wildman–Crippen MR) is 67.3 cm³/mol. The van der Waals surface area contributed by atoms with Gasteiger partial charge in [-0.25, -0.2) is 0 Å². The number of rotatable bonds is 6. The maximum absolute atomic E-state index is 12.1. The number of nitrogens with zero attached hydrogens (tertiary/aromatic N) is 1. The predicted octanol–water partition coefficient (Wildman–Crippen LogP) is 0.917. The first-order chi connectivity index (χ1) is 8.20. The van der Waals surface area contributed by atoms with Crippen molar-refractivity contribution in [1.82, 2.24) is 4.90 Å². The van der Waals surface area contributed by atoms with Crippen molar-refractivity contribution < 1.29 is 9.90 Å². The third kappa shape index (κ3) is 3.84. The second kappa shape index (κ2) is 7.04. The topological polar surface area (TPSA) is 66.6 Å². The summed E-state index contributed by atoms with van der Waals surface area (Å²) in [6.45, 7) is 3.16. The lowest BCUT2D eigenvalue weighted by molar-refractivity contribution is -0.132. The lowest BCUT2D eigenvalue weighted by Gasteiger charge is -2.24. The van der Waals surface area contributed by atoms with Gasteiger partial charge in [0.25, 0.3) is 0 Å². The largest absolute Gasteiger partial charge is 0.396 e. The molecule has 0 saturated carbocycles. The average Bonchev–Trinajstić information content (AvgIpc) is 2.39. The van der Waals surface area contributed by atoms with Crippen molar-refractivity contribution in [2.75, 3.05) is 19.7 Å². The van der Waals surface area contributed by atoms with Crippen LogP contribution in [-0.4, -0.2) is 35.6 Å². The molecule has 0 bridgehead atoms. The van der Waals surface area contributed by atoms with Crippen molar-refractivity contribution in [3.05, 3.63) is 35.9 Å². The van der Waals surface area contributed by atoms with Crippen LogP contribution in [0, 0.1) is 0 Å². The first-order valence-electron chi connectivity index (χ1n) is 5.90. The van der Waals surface area contributed by atoms with E-state index in [9.17, 15) is 4.79 Å². The molecule has 1 aromatic rings. The summed E-state index contributed by atoms with van der Waals surface area (Å²) in [4.78, 5) is 13.8. The normalized spacial score (nSPS) is 12.2. The van der Waals surface area contributed by atoms with Gasteiger partial charge in [-0.15, -0.1) is 0 Å². The van der Waals surface area contributed by atoms with Gasteiger partial charge in [0, 0.05) is 19.7 Å². The molecule has 3 N–H and O–H groups in total. The second-order valence-corrected chi connectivity index (χ2v) is 3.88. The number of carbonyl (C=O) groups excluding carboxylic acids is 1. The molecule has 1 atom stereocenters. The Kier molecular flexibility index (Phi) is 5.66. The molecule has 0 aliphatic heterocycles. The highest BCUT2D eigenvalue weighted by molar-refractivity contribution is 5.83. The number of carbonyl (C=O) groups is 1. The van der Waals surface area contributed by atoms with Gasteiger partial charge in [0.15, 0.2) is 0 Å². The Morgan fingerprint density at radius 1 is 1.41 bits per heavy atom. The fourth-order valence-corrected chi connectivity index (χ4v) is 1.69. The van der Waals surface area contributed by atoms with E-state index in [0.717, 1.165) is 5.56 Å². The molecule has 0 saturated heterocycles. The zero-order chi connectivity index (χ0) is 12.7. The third-order valence-corrected chi connectivity index (χ3v) is 2.70. The molecular formula is C13H20N2O2. The van der Waals surface area contributed by atoms with Gasteiger partial charge >= 0.3 is 0 Å². The van der Waals surface area contributed by atoms with Crippen LogP contribution in [0.25, 0.3) is 0 Å². The van der Waals surface area contributed by atoms with Crippen LogP contribution in [0.4, 0.5) is 0 Å². The summed E-state index contributed by atoms with van der Waals surface area (Å²) >= 11 is 0. The van der Waals surface area contributed by atoms with Crippen molar-refractivity contribution >= 4 is 5.91 Å². The fraction of sp³-hybridized carbons (Fsp3) is 0.462. The van der Waals surface area contributed by atoms with E-state index in [1.54, 1.807) is 4.90 Å². The van der Waals surface area contributed by atoms with Crippen LogP contribution >= 0.6 is 0 Å². The van der Waals surface area contributed by atoms with Crippen molar-refractivity contribution in [1.29, 1.82) is 0 Å². The smallest absolute Gasteiger partial charge is 0.244 e. The molecule has 1 aromatic carbocycles. The Bertz CT molecular complexity index is 341. The Hall–Kier alpha value is -1.39. The van der Waals surface area contributed by atoms with Crippen LogP contribution < -0.4 is 5.73 Å². The molecule has 1 unspecified atom stereocenters. The lowest BCUT2D eigenvalue weighted by atomic mass is 10.1. The Morgan fingerprint density at radius 2 is 2.06 bits per heavy atom. The number of hydrogen-bond donors (Lipinski definition) is 2. The van der Waals surface area contributed by atoms with E-state index in [2.05, 4.69) is 0 Å². The van der Waals surface area contributed by atoms with E-state index < -0.39 is 6.04 Å². The zero-order valence-corrected chi connectivity index (χ0v) is 10.2. The van der Waals surface area contributed by atoms with Crippen molar-refractivity contribution in [3.8, 4) is 0 Å². The van der Waals surface area contributed by atoms with Gasteiger partial charge in [-0.05, 0) is 18.9 Å². The van der Waals surface area contributed by atoms with E-state index in [0.29, 0.717) is 19.5 Å². The molecule has 4 nitrogen and oxygen atoms in total. The Balaban J connectivity index is 2.67. The van der Waals surface area contributed by atoms with Crippen LogP contribution in [0.15, 0.2) is 30.3 Å². The minimum Gasteiger partial charge on any atom is -0.396 e. The molecule has 0 fully saturated rings. The molecule has 0 radical (unpaired) electrons. The molecule has 0 heterocycles. The van der Waals surface area contributed by atoms with Crippen LogP contribution in [0.5, 0.6) is 0 Å². The standard InChI is InChI=1S/C13H20N2O2/c1-2-15(9-6-10-16)13(17)12(14)11-7-4-3-5-8-11/h3-5,7-8,12,16H,2,6,9-10,14H2,1H3. The lowest BCUT2D eigenvalue weighted by Crippen LogP contribution is -2.39. The van der Waals surface area contributed by atoms with Gasteiger partial charge in [0.2, 0.25) is 5.91 Å². The molecule has 94 valence electrons. The number of benzene rings is 1. The van der Waals surface area contributed by atoms with Crippen LogP contribution in [-0.2, 0) is 4.79 Å². The van der Waals surface area contributed by atoms with Crippen LogP contribution in [0.1, 0.15) is 24.9 Å². The second-order valence-electron chi connectivity index (χ2n) is 3.88. The number of nitrogens with two attached hydrogens (primary N) is 1. The van der Waals surface area contributed by atoms with Gasteiger partial charge in [-0.2, -0.15) is 0 Å². The van der Waals surface area contributed by atoms with E-state index in [1.165, 1.54) is 0 Å². The van der Waals surface area contributed by atoms with Gasteiger partial charge < -0.3 is 15.7 Å². The summed E-state index contributed by atoms with van der Waals surface area (Å²) in [5.41, 5.74) is 6.75. The molecule has 0 aliphatic carbocycles. The summed E-state index contributed by atoms with van der Waals surface area (Å²) in [6, 6.07) is 8.71. The van der Waals surface area contributed by atoms with E-state index in [1.807, 2.05) is 37.3 Å². The highest BCUT2D eigenvalue weighted by Crippen LogP contribution is 2.12. The van der Waals surface area contributed by atoms with Crippen LogP contribution in [0.3, 0.4) is 0 Å². The molecule has 1 rings (SSSR count). The maximum Gasteiger partial charge on any atom is 0.244 e. The van der Waals surface area contributed by atoms with E-state index >= 15 is 0 Å². The van der Waals surface area contributed by atoms with Crippen molar-refractivity contribution in [3.63, 3.8) is 0 Å². The Labute approximate surface area is 102 Å². The number of aliphatic hydroxyl groups is 1. The first kappa shape index (κ1) is 13.7. The van der Waals surface area contributed by atoms with E-state index in [-0.39, 0.29) is 12.5 Å². The first-order valence-corrected chi connectivity index (χ1v) is 5.90. The quantitative estimate of drug-likeness (QED) is 0.771. The van der Waals surface area contributed by atoms with Crippen LogP contribution in [0.2, 0.25) is 0 Å². The highest BCUT2D eigenvalue weighted by atomic mass is 16.3. The Morgan fingerprint density at radius 3 is 2.59 bits per heavy atom. The summed E-state index contributed by atoms with van der Waals surface area (Å²) < 4.78 is 0. The summed E-state index contributed by atoms with van der Waals surface area (Å²) in [5.74, 6) is -0.0906. The van der Waals surface area contributed by atoms with Gasteiger partial charge in [-0.1, -0.05) is 30.3 Å². The van der Waals surface area contributed by atoms with Gasteiger partial charge in [0.1, 0.15) is 6.04 Å². The number of likely N-dealkylation sites (N-methyl/N-ethyl adjacent to an activating group) is 1. The summed E-state index contributed by atoms with van der Waals surface area (Å²) in [7, 11) is 0. The highest BCUT2D eigenvalue weighted by Gasteiger charge is 2.20. The molecule has 17 heavy (non-hydrogen) atoms. The van der Waals surface area contributed by atoms with Crippen molar-refractivity contribution in [2.24, 2.45) is 5.73 Å². The van der Waals surface area contributed by atoms with Gasteiger partial charge in [-0.3, -0.25) is 4.79 Å². The number of hydrogen-bond acceptors (Lipinski definition) is 3. The molecule has 1 amide bonds. The summed E-state index contributed by atoms with van der Waals surface area (Å²) in [5, 5.41) is 8.78. The van der Waals surface area contributed by atoms with Crippen molar-refractivity contribution in [2.45, 2.75) is 19.4 Å². The minimum atomic E-state index is -0.616. The maximum atomic E-state index is 12.1. The average molecular weight is 236 g/mol. The SMILES string of the molecule is CCN(CCCO)C(=O)C(N)c1ccccc1. The third-order valence-electron chi connectivity index (χ3n) is 2.70. The molecule has 4 heteroatoms. The molecular weight excluding hydrogens is 216 g/mol. The number of amides is 1. The van der Waals surface area contributed by atoms with Gasteiger partial charge in [0.05, 0.1) is 0 Å². The molecule has 0 aromatic heterocycles. The minimum absolute atomic E-state index is 0.0877. The fourth-order valence-electron chi connectivity index (χ4n) is 1.69. The summed E-state index contributed by atoms with van der Waals surface area (Å²) in [6.07, 6.45) is 0.584. The molecule has 0 aliphatic rings. The molecule has 0 spiro atoms. The monoisotopic (exact) mass is 236 g/mol. The van der Waals surface area contributed by atoms with E-state index in [4.69, 9.17) is 10.8 Å².